The van der Waals surface area contributed by atoms with Crippen LogP contribution in [-0.2, 0) is 45.8 Å². The summed E-state index contributed by atoms with van der Waals surface area (Å²) in [6, 6.07) is 80.2. The van der Waals surface area contributed by atoms with E-state index >= 15 is 0 Å². The Bertz CT molecular complexity index is 3170. The molecule has 0 fully saturated rings. The Morgan fingerprint density at radius 3 is 1.33 bits per heavy atom. The van der Waals surface area contributed by atoms with Crippen LogP contribution in [-0.4, -0.2) is 15.0 Å². The Hall–Kier alpha value is -7.87. The summed E-state index contributed by atoms with van der Waals surface area (Å²) in [7, 11) is 0. The van der Waals surface area contributed by atoms with E-state index in [1.807, 2.05) is 97.5 Å². The average Bonchev–Trinajstić information content (AvgIpc) is 3.40. The first kappa shape index (κ1) is 44.3. The summed E-state index contributed by atoms with van der Waals surface area (Å²) in [5.41, 5.74) is 19.9. The maximum atomic E-state index is 9.86. The number of hydrogen-bond acceptors (Lipinski definition) is 4. The van der Waals surface area contributed by atoms with Gasteiger partial charge in [0.05, 0.1) is 11.6 Å². The van der Waals surface area contributed by atoms with Crippen molar-refractivity contribution in [3.8, 4) is 84.3 Å². The Labute approximate surface area is 406 Å². The number of aromatic nitrogens is 3. The minimum absolute atomic E-state index is 0. The molecule has 3 heterocycles. The van der Waals surface area contributed by atoms with Crippen molar-refractivity contribution in [2.75, 3.05) is 0 Å². The Morgan fingerprint density at radius 1 is 0.358 bits per heavy atom. The van der Waals surface area contributed by atoms with Gasteiger partial charge in [-0.15, -0.1) is 94.5 Å². The Kier molecular flexibility index (Phi) is 13.9. The van der Waals surface area contributed by atoms with Crippen LogP contribution in [0, 0.1) is 29.5 Å². The van der Waals surface area contributed by atoms with E-state index in [4.69, 9.17) is 0 Å². The van der Waals surface area contributed by atoms with Gasteiger partial charge in [0.15, 0.2) is 0 Å². The molecule has 10 rings (SSSR count). The molecule has 0 aliphatic rings. The monoisotopic (exact) mass is 1040 g/mol. The van der Waals surface area contributed by atoms with Crippen molar-refractivity contribution in [2.45, 2.75) is 25.7 Å². The summed E-state index contributed by atoms with van der Waals surface area (Å²) in [5, 5.41) is 9.86. The van der Waals surface area contributed by atoms with Gasteiger partial charge in [0, 0.05) is 18.6 Å². The van der Waals surface area contributed by atoms with Crippen LogP contribution in [0.3, 0.4) is 0 Å². The van der Waals surface area contributed by atoms with Crippen LogP contribution in [0.15, 0.2) is 213 Å². The summed E-state index contributed by atoms with van der Waals surface area (Å²) in [6.07, 6.45) is 9.00. The van der Waals surface area contributed by atoms with E-state index in [-0.39, 0.29) is 20.1 Å². The summed E-state index contributed by atoms with van der Waals surface area (Å²) >= 11 is 0. The fourth-order valence-corrected chi connectivity index (χ4v) is 8.63. The van der Waals surface area contributed by atoms with Gasteiger partial charge in [-0.25, -0.2) is 0 Å². The smallest absolute Gasteiger partial charge is 0.305 e. The average molecular weight is 1040 g/mol. The topological polar surface area (TPSA) is 62.5 Å². The molecule has 320 valence electrons. The van der Waals surface area contributed by atoms with Crippen LogP contribution in [0.2, 0.25) is 0 Å². The van der Waals surface area contributed by atoms with Gasteiger partial charge < -0.3 is 15.0 Å². The SMILES string of the molecule is N#Cc1ccccc1-c1ccc(-c2cc(-c3ccccn3)[c-]cc2-c2ccccc2-c2cc(CCc3c[c-]c(-c4ccccn4)cc3)cc(CCc3c[c-]c(-c4ccccn4)cc3)c2)cc1.[Ir+3]. The fourth-order valence-electron chi connectivity index (χ4n) is 8.63. The molecular formula is C62H43IrN4. The van der Waals surface area contributed by atoms with Crippen LogP contribution in [0.4, 0.5) is 0 Å². The van der Waals surface area contributed by atoms with Crippen molar-refractivity contribution in [1.29, 1.82) is 5.26 Å². The minimum Gasteiger partial charge on any atom is -0.305 e. The molecule has 0 amide bonds. The van der Waals surface area contributed by atoms with Crippen molar-refractivity contribution in [3.05, 3.63) is 259 Å². The van der Waals surface area contributed by atoms with E-state index in [1.165, 1.54) is 27.8 Å². The van der Waals surface area contributed by atoms with Gasteiger partial charge in [-0.3, -0.25) is 0 Å². The number of nitrogens with zero attached hydrogens (tertiary/aromatic N) is 4. The number of rotatable bonds is 13. The predicted molar refractivity (Wildman–Crippen MR) is 267 cm³/mol. The summed E-state index contributed by atoms with van der Waals surface area (Å²) < 4.78 is 0. The van der Waals surface area contributed by atoms with Crippen LogP contribution in [0.1, 0.15) is 27.8 Å². The number of pyridine rings is 3. The van der Waals surface area contributed by atoms with E-state index in [0.29, 0.717) is 5.56 Å². The third-order valence-electron chi connectivity index (χ3n) is 12.1. The first-order valence-electron chi connectivity index (χ1n) is 22.3. The molecule has 0 N–H and O–H groups in total. The van der Waals surface area contributed by atoms with Crippen LogP contribution in [0.25, 0.3) is 78.3 Å². The molecule has 0 bridgehead atoms. The zero-order valence-electron chi connectivity index (χ0n) is 36.7. The maximum Gasteiger partial charge on any atom is 3.00 e. The number of hydrogen-bond donors (Lipinski definition) is 0. The first-order valence-corrected chi connectivity index (χ1v) is 22.3. The van der Waals surface area contributed by atoms with Crippen LogP contribution in [0.5, 0.6) is 0 Å². The second kappa shape index (κ2) is 21.0. The fraction of sp³-hybridized carbons (Fsp3) is 0.0645. The largest absolute Gasteiger partial charge is 3.00 e. The van der Waals surface area contributed by atoms with Gasteiger partial charge in [0.1, 0.15) is 0 Å². The zero-order chi connectivity index (χ0) is 44.5. The van der Waals surface area contributed by atoms with Crippen molar-refractivity contribution in [2.24, 2.45) is 0 Å². The van der Waals surface area contributed by atoms with Gasteiger partial charge in [-0.1, -0.05) is 151 Å². The maximum absolute atomic E-state index is 9.86. The zero-order valence-corrected chi connectivity index (χ0v) is 39.1. The standard InChI is InChI=1S/C62H43N4.Ir/c63-43-53-11-1-2-12-55(53)48-30-32-49(33-31-48)59-42-52(62-17-7-10-38-66-62)34-35-58(59)57-14-4-3-13-56(57)54-40-46(20-18-44-22-26-50(27-23-44)60-15-5-8-36-64-60)39-47(41-54)21-19-45-24-28-51(29-25-45)61-16-6-9-37-65-61;/h1-17,22-26,28,30-33,35-42H,18-21H2;/q-3;+3. The van der Waals surface area contributed by atoms with Crippen molar-refractivity contribution in [3.63, 3.8) is 0 Å². The van der Waals surface area contributed by atoms with E-state index < -0.39 is 0 Å². The van der Waals surface area contributed by atoms with Crippen molar-refractivity contribution >= 4 is 0 Å². The molecule has 0 aliphatic carbocycles. The van der Waals surface area contributed by atoms with Gasteiger partial charge >= 0.3 is 20.1 Å². The predicted octanol–water partition coefficient (Wildman–Crippen LogP) is 14.4. The molecule has 0 atom stereocenters. The molecule has 10 aromatic rings. The molecule has 0 saturated carbocycles. The Morgan fingerprint density at radius 2 is 0.821 bits per heavy atom. The van der Waals surface area contributed by atoms with E-state index in [0.717, 1.165) is 98.4 Å². The number of aryl methyl sites for hydroxylation is 4. The van der Waals surface area contributed by atoms with Crippen LogP contribution >= 0.6 is 0 Å². The molecule has 0 unspecified atom stereocenters. The molecule has 0 radical (unpaired) electrons. The second-order valence-electron chi connectivity index (χ2n) is 16.4. The van der Waals surface area contributed by atoms with Gasteiger partial charge in [-0.2, -0.15) is 5.26 Å². The molecule has 67 heavy (non-hydrogen) atoms. The third kappa shape index (κ3) is 10.3. The quantitative estimate of drug-likeness (QED) is 0.108. The molecule has 0 saturated heterocycles. The van der Waals surface area contributed by atoms with E-state index in [1.54, 1.807) is 0 Å². The van der Waals surface area contributed by atoms with Crippen LogP contribution < -0.4 is 0 Å². The summed E-state index contributed by atoms with van der Waals surface area (Å²) in [6.45, 7) is 0. The van der Waals surface area contributed by atoms with Gasteiger partial charge in [0.2, 0.25) is 0 Å². The summed E-state index contributed by atoms with van der Waals surface area (Å²) in [4.78, 5) is 13.7. The molecular weight excluding hydrogens is 993 g/mol. The van der Waals surface area contributed by atoms with Crippen molar-refractivity contribution < 1.29 is 20.1 Å². The molecule has 0 aliphatic heterocycles. The number of benzene rings is 7. The summed E-state index contributed by atoms with van der Waals surface area (Å²) in [5.74, 6) is 0. The molecule has 7 aromatic carbocycles. The Balaban J connectivity index is 0.00000562. The molecule has 0 spiro atoms. The molecule has 4 nitrogen and oxygen atoms in total. The van der Waals surface area contributed by atoms with E-state index in [2.05, 4.69) is 154 Å². The number of nitriles is 1. The van der Waals surface area contributed by atoms with Gasteiger partial charge in [-0.05, 0) is 93.1 Å². The first-order chi connectivity index (χ1) is 32.6. The van der Waals surface area contributed by atoms with Crippen molar-refractivity contribution in [1.82, 2.24) is 15.0 Å². The third-order valence-corrected chi connectivity index (χ3v) is 12.1. The van der Waals surface area contributed by atoms with Gasteiger partial charge in [0.25, 0.3) is 0 Å². The molecule has 3 aromatic heterocycles. The molecule has 5 heteroatoms. The normalized spacial score (nSPS) is 10.8. The minimum atomic E-state index is 0. The van der Waals surface area contributed by atoms with E-state index in [9.17, 15) is 5.26 Å². The second-order valence-corrected chi connectivity index (χ2v) is 16.4.